The number of amides is 1. The van der Waals surface area contributed by atoms with E-state index in [4.69, 9.17) is 10.5 Å². The molecule has 156 valence electrons. The van der Waals surface area contributed by atoms with Gasteiger partial charge in [-0.3, -0.25) is 4.79 Å². The fourth-order valence-electron chi connectivity index (χ4n) is 4.02. The maximum absolute atomic E-state index is 13.7. The molecule has 0 saturated heterocycles. The number of carbonyl (C=O) groups is 1. The maximum Gasteiger partial charge on any atom is 0.251 e. The van der Waals surface area contributed by atoms with Crippen LogP contribution in [0.4, 0.5) is 10.2 Å². The lowest BCUT2D eigenvalue weighted by atomic mass is 10.0. The van der Waals surface area contributed by atoms with Gasteiger partial charge < -0.3 is 15.8 Å². The van der Waals surface area contributed by atoms with Gasteiger partial charge in [-0.2, -0.15) is 0 Å². The van der Waals surface area contributed by atoms with Crippen molar-refractivity contribution in [2.24, 2.45) is 5.73 Å². The molecule has 1 amide bonds. The fraction of sp³-hybridized carbons (Fsp3) is 0.348. The zero-order valence-electron chi connectivity index (χ0n) is 16.9. The van der Waals surface area contributed by atoms with Gasteiger partial charge in [0.25, 0.3) is 5.91 Å². The number of halogens is 1. The van der Waals surface area contributed by atoms with Crippen molar-refractivity contribution in [2.45, 2.75) is 51.2 Å². The van der Waals surface area contributed by atoms with E-state index in [1.807, 2.05) is 19.1 Å². The van der Waals surface area contributed by atoms with Crippen LogP contribution >= 0.6 is 0 Å². The SMILES string of the molecule is CCC(Nc1ncnc2c(C(N)=O)cc(OC3CCCC3)cc12)c1cccc(F)c1. The van der Waals surface area contributed by atoms with Crippen molar-refractivity contribution in [3.63, 3.8) is 0 Å². The summed E-state index contributed by atoms with van der Waals surface area (Å²) in [4.78, 5) is 20.8. The number of nitrogens with zero attached hydrogens (tertiary/aromatic N) is 2. The van der Waals surface area contributed by atoms with E-state index in [-0.39, 0.29) is 18.0 Å². The van der Waals surface area contributed by atoms with Crippen molar-refractivity contribution in [3.8, 4) is 5.75 Å². The number of hydrogen-bond donors (Lipinski definition) is 2. The molecular weight excluding hydrogens is 383 g/mol. The standard InChI is InChI=1S/C23H25FN4O2/c1-2-20(14-6-5-7-15(24)10-14)28-23-19-12-17(30-16-8-3-4-9-16)11-18(22(25)29)21(19)26-13-27-23/h5-7,10-13,16,20H,2-4,8-9H2,1H3,(H2,25,29)(H,26,27,28). The third kappa shape index (κ3) is 4.20. The second-order valence-corrected chi connectivity index (χ2v) is 7.64. The zero-order valence-corrected chi connectivity index (χ0v) is 16.9. The topological polar surface area (TPSA) is 90.1 Å². The number of aromatic nitrogens is 2. The molecular formula is C23H25FN4O2. The van der Waals surface area contributed by atoms with Gasteiger partial charge in [-0.15, -0.1) is 0 Å². The van der Waals surface area contributed by atoms with Crippen LogP contribution in [0.5, 0.6) is 5.75 Å². The normalized spacial score (nSPS) is 15.3. The zero-order chi connectivity index (χ0) is 21.1. The minimum Gasteiger partial charge on any atom is -0.490 e. The number of nitrogens with one attached hydrogen (secondary N) is 1. The first-order valence-electron chi connectivity index (χ1n) is 10.3. The van der Waals surface area contributed by atoms with Crippen molar-refractivity contribution in [1.29, 1.82) is 0 Å². The molecule has 0 spiro atoms. The van der Waals surface area contributed by atoms with Crippen LogP contribution in [0.25, 0.3) is 10.9 Å². The van der Waals surface area contributed by atoms with Gasteiger partial charge in [0.05, 0.1) is 23.2 Å². The molecule has 1 unspecified atom stereocenters. The van der Waals surface area contributed by atoms with Crippen LogP contribution in [0.15, 0.2) is 42.7 Å². The molecule has 1 saturated carbocycles. The third-order valence-corrected chi connectivity index (χ3v) is 5.55. The molecule has 3 aromatic rings. The summed E-state index contributed by atoms with van der Waals surface area (Å²) in [7, 11) is 0. The molecule has 2 aromatic carbocycles. The van der Waals surface area contributed by atoms with Crippen molar-refractivity contribution in [1.82, 2.24) is 9.97 Å². The molecule has 1 aliphatic rings. The quantitative estimate of drug-likeness (QED) is 0.589. The molecule has 0 radical (unpaired) electrons. The Morgan fingerprint density at radius 2 is 2.07 bits per heavy atom. The summed E-state index contributed by atoms with van der Waals surface area (Å²) >= 11 is 0. The maximum atomic E-state index is 13.7. The molecule has 30 heavy (non-hydrogen) atoms. The Labute approximate surface area is 174 Å². The number of primary amides is 1. The van der Waals surface area contributed by atoms with E-state index in [0.717, 1.165) is 37.7 Å². The van der Waals surface area contributed by atoms with Crippen LogP contribution < -0.4 is 15.8 Å². The molecule has 1 atom stereocenters. The van der Waals surface area contributed by atoms with Crippen molar-refractivity contribution in [2.75, 3.05) is 5.32 Å². The van der Waals surface area contributed by atoms with Crippen LogP contribution in [-0.2, 0) is 0 Å². The lowest BCUT2D eigenvalue weighted by molar-refractivity contribution is 0.100. The molecule has 1 fully saturated rings. The Morgan fingerprint density at radius 3 is 2.77 bits per heavy atom. The van der Waals surface area contributed by atoms with E-state index >= 15 is 0 Å². The van der Waals surface area contributed by atoms with Gasteiger partial charge >= 0.3 is 0 Å². The van der Waals surface area contributed by atoms with Crippen LogP contribution in [0, 0.1) is 5.82 Å². The van der Waals surface area contributed by atoms with E-state index in [0.29, 0.717) is 28.0 Å². The van der Waals surface area contributed by atoms with Crippen LogP contribution in [-0.4, -0.2) is 22.0 Å². The van der Waals surface area contributed by atoms with Crippen molar-refractivity contribution >= 4 is 22.6 Å². The lowest BCUT2D eigenvalue weighted by Crippen LogP contribution is -2.16. The van der Waals surface area contributed by atoms with Gasteiger partial charge in [-0.05, 0) is 61.9 Å². The smallest absolute Gasteiger partial charge is 0.251 e. The van der Waals surface area contributed by atoms with Gasteiger partial charge in [0.1, 0.15) is 23.7 Å². The van der Waals surface area contributed by atoms with E-state index < -0.39 is 5.91 Å². The summed E-state index contributed by atoms with van der Waals surface area (Å²) < 4.78 is 19.8. The minimum absolute atomic E-state index is 0.139. The Balaban J connectivity index is 1.75. The second-order valence-electron chi connectivity index (χ2n) is 7.64. The summed E-state index contributed by atoms with van der Waals surface area (Å²) in [5.41, 5.74) is 7.20. The first-order valence-corrected chi connectivity index (χ1v) is 10.3. The number of anilines is 1. The lowest BCUT2D eigenvalue weighted by Gasteiger charge is -2.20. The molecule has 6 nitrogen and oxygen atoms in total. The summed E-state index contributed by atoms with van der Waals surface area (Å²) in [6, 6.07) is 9.83. The first-order chi connectivity index (χ1) is 14.5. The Morgan fingerprint density at radius 1 is 1.27 bits per heavy atom. The monoisotopic (exact) mass is 408 g/mol. The van der Waals surface area contributed by atoms with Gasteiger partial charge in [0, 0.05) is 5.39 Å². The van der Waals surface area contributed by atoms with Crippen molar-refractivity contribution < 1.29 is 13.9 Å². The second kappa shape index (κ2) is 8.65. The molecule has 1 aliphatic carbocycles. The number of carbonyl (C=O) groups excluding carboxylic acids is 1. The van der Waals surface area contributed by atoms with E-state index in [2.05, 4.69) is 15.3 Å². The molecule has 1 heterocycles. The number of hydrogen-bond acceptors (Lipinski definition) is 5. The average Bonchev–Trinajstić information content (AvgIpc) is 3.24. The highest BCUT2D eigenvalue weighted by Crippen LogP contribution is 2.33. The first kappa shape index (κ1) is 20.1. The highest BCUT2D eigenvalue weighted by molar-refractivity contribution is 6.07. The highest BCUT2D eigenvalue weighted by Gasteiger charge is 2.20. The van der Waals surface area contributed by atoms with E-state index in [1.54, 1.807) is 12.1 Å². The van der Waals surface area contributed by atoms with Gasteiger partial charge in [0.2, 0.25) is 0 Å². The van der Waals surface area contributed by atoms with Crippen LogP contribution in [0.1, 0.15) is 61.0 Å². The minimum atomic E-state index is -0.571. The predicted molar refractivity (Wildman–Crippen MR) is 114 cm³/mol. The predicted octanol–water partition coefficient (Wildman–Crippen LogP) is 4.75. The van der Waals surface area contributed by atoms with Gasteiger partial charge in [-0.25, -0.2) is 14.4 Å². The Hall–Kier alpha value is -3.22. The van der Waals surface area contributed by atoms with Gasteiger partial charge in [0.15, 0.2) is 0 Å². The Kier molecular flexibility index (Phi) is 5.79. The van der Waals surface area contributed by atoms with Crippen molar-refractivity contribution in [3.05, 3.63) is 59.7 Å². The highest BCUT2D eigenvalue weighted by atomic mass is 19.1. The largest absolute Gasteiger partial charge is 0.490 e. The molecule has 7 heteroatoms. The van der Waals surface area contributed by atoms with Gasteiger partial charge in [-0.1, -0.05) is 19.1 Å². The molecule has 3 N–H and O–H groups in total. The third-order valence-electron chi connectivity index (χ3n) is 5.55. The molecule has 0 bridgehead atoms. The van der Waals surface area contributed by atoms with E-state index in [9.17, 15) is 9.18 Å². The van der Waals surface area contributed by atoms with Crippen LogP contribution in [0.2, 0.25) is 0 Å². The molecule has 0 aliphatic heterocycles. The molecule has 4 rings (SSSR count). The Bertz CT molecular complexity index is 1070. The van der Waals surface area contributed by atoms with E-state index in [1.165, 1.54) is 18.5 Å². The fourth-order valence-corrected chi connectivity index (χ4v) is 4.02. The molecule has 1 aromatic heterocycles. The number of benzene rings is 2. The summed E-state index contributed by atoms with van der Waals surface area (Å²) in [6.07, 6.45) is 6.53. The number of ether oxygens (including phenoxy) is 1. The summed E-state index contributed by atoms with van der Waals surface area (Å²) in [6.45, 7) is 2.01. The number of nitrogens with two attached hydrogens (primary N) is 1. The summed E-state index contributed by atoms with van der Waals surface area (Å²) in [5, 5.41) is 4.03. The average molecular weight is 408 g/mol. The van der Waals surface area contributed by atoms with Crippen LogP contribution in [0.3, 0.4) is 0 Å². The number of rotatable bonds is 7. The summed E-state index contributed by atoms with van der Waals surface area (Å²) in [5.74, 6) is 0.276. The number of fused-ring (bicyclic) bond motifs is 1.